The van der Waals surface area contributed by atoms with Crippen LogP contribution in [0, 0.1) is 41.7 Å². The van der Waals surface area contributed by atoms with Crippen molar-refractivity contribution in [1.29, 1.82) is 0 Å². The first-order chi connectivity index (χ1) is 7.81. The molecule has 4 N–H and O–H groups in total. The number of hydrogen-bond donors (Lipinski definition) is 2. The van der Waals surface area contributed by atoms with Crippen LogP contribution in [-0.4, -0.2) is 26.3 Å². The van der Waals surface area contributed by atoms with E-state index in [2.05, 4.69) is 9.05 Å². The van der Waals surface area contributed by atoms with Gasteiger partial charge in [0.15, 0.2) is 0 Å². The van der Waals surface area contributed by atoms with Gasteiger partial charge in [-0.05, 0) is 38.8 Å². The SMILES string of the molecule is NCCCCCCN.O=[P+]1OCCCCO1.[Ce]. The fraction of sp³-hybridized carbons (Fsp3) is 1.00. The number of unbranched alkanes of at least 4 members (excludes halogenated alkanes) is 3. The van der Waals surface area contributed by atoms with Gasteiger partial charge in [0.2, 0.25) is 0 Å². The Morgan fingerprint density at radius 2 is 1.29 bits per heavy atom. The fourth-order valence-corrected chi connectivity index (χ4v) is 1.79. The molecule has 7 heteroatoms. The zero-order valence-electron chi connectivity index (χ0n) is 10.4. The third-order valence-corrected chi connectivity index (χ3v) is 2.88. The minimum Gasteiger partial charge on any atom is -0.330 e. The van der Waals surface area contributed by atoms with Crippen LogP contribution in [0.5, 0.6) is 0 Å². The smallest absolute Gasteiger partial charge is 0.330 e. The quantitative estimate of drug-likeness (QED) is 0.552. The summed E-state index contributed by atoms with van der Waals surface area (Å²) in [5, 5.41) is 0. The van der Waals surface area contributed by atoms with E-state index in [0.29, 0.717) is 13.2 Å². The average Bonchev–Trinajstić information content (AvgIpc) is 2.53. The van der Waals surface area contributed by atoms with E-state index in [1.165, 1.54) is 12.8 Å². The molecule has 1 rings (SSSR count). The Morgan fingerprint density at radius 1 is 0.882 bits per heavy atom. The molecule has 0 bridgehead atoms. The molecule has 1 heterocycles. The van der Waals surface area contributed by atoms with Gasteiger partial charge in [-0.25, -0.2) is 0 Å². The second kappa shape index (κ2) is 17.3. The van der Waals surface area contributed by atoms with Crippen LogP contribution in [0.3, 0.4) is 0 Å². The Hall–Kier alpha value is 1.32. The standard InChI is InChI=1S/C6H16N2.C4H8O3P.Ce/c7-5-3-1-2-4-6-8;5-8-6-3-1-2-4-7-8;/h1-8H2;1-4H2;/q;+1;. The molecule has 1 fully saturated rings. The second-order valence-electron chi connectivity index (χ2n) is 3.59. The predicted molar refractivity (Wildman–Crippen MR) is 65.3 cm³/mol. The Bertz CT molecular complexity index is 160. The molecule has 100 valence electrons. The van der Waals surface area contributed by atoms with Gasteiger partial charge in [0, 0.05) is 46.3 Å². The molecule has 0 unspecified atom stereocenters. The van der Waals surface area contributed by atoms with E-state index in [0.717, 1.165) is 38.8 Å². The van der Waals surface area contributed by atoms with Crippen LogP contribution in [0.15, 0.2) is 0 Å². The molecule has 1 aliphatic rings. The summed E-state index contributed by atoms with van der Waals surface area (Å²) < 4.78 is 19.8. The number of nitrogens with two attached hydrogens (primary N) is 2. The number of hydrogen-bond acceptors (Lipinski definition) is 5. The van der Waals surface area contributed by atoms with Crippen molar-refractivity contribution in [3.8, 4) is 0 Å². The van der Waals surface area contributed by atoms with E-state index in [1.54, 1.807) is 0 Å². The summed E-state index contributed by atoms with van der Waals surface area (Å²) in [6.07, 6.45) is 6.71. The maximum Gasteiger partial charge on any atom is 0.697 e. The zero-order valence-corrected chi connectivity index (χ0v) is 14.4. The van der Waals surface area contributed by atoms with Gasteiger partial charge in [-0.15, -0.1) is 9.05 Å². The summed E-state index contributed by atoms with van der Waals surface area (Å²) >= 11 is 0. The molecule has 17 heavy (non-hydrogen) atoms. The monoisotopic (exact) mass is 391 g/mol. The van der Waals surface area contributed by atoms with Crippen molar-refractivity contribution in [1.82, 2.24) is 0 Å². The predicted octanol–water partition coefficient (Wildman–Crippen LogP) is 1.93. The molecular formula is C10H24CeN2O3P+. The van der Waals surface area contributed by atoms with Crippen LogP contribution in [0.25, 0.3) is 0 Å². The van der Waals surface area contributed by atoms with Gasteiger partial charge in [0.05, 0.1) is 0 Å². The third-order valence-electron chi connectivity index (χ3n) is 2.09. The molecule has 0 radical (unpaired) electrons. The Balaban J connectivity index is 0. The summed E-state index contributed by atoms with van der Waals surface area (Å²) in [6.45, 7) is 2.81. The third kappa shape index (κ3) is 17.3. The van der Waals surface area contributed by atoms with Gasteiger partial charge >= 0.3 is 8.25 Å². The van der Waals surface area contributed by atoms with Crippen LogP contribution < -0.4 is 11.5 Å². The maximum atomic E-state index is 10.4. The van der Waals surface area contributed by atoms with Gasteiger partial charge < -0.3 is 11.5 Å². The van der Waals surface area contributed by atoms with Crippen molar-refractivity contribution in [3.05, 3.63) is 0 Å². The zero-order chi connectivity index (χ0) is 12.1. The first-order valence-corrected chi connectivity index (χ1v) is 7.04. The molecule has 0 aromatic carbocycles. The summed E-state index contributed by atoms with van der Waals surface area (Å²) in [5.41, 5.74) is 10.6. The molecule has 0 saturated carbocycles. The molecule has 0 aromatic rings. The first-order valence-electron chi connectivity index (χ1n) is 5.94. The Kier molecular flexibility index (Phi) is 21.0. The normalized spacial score (nSPS) is 15.3. The maximum absolute atomic E-state index is 10.4. The summed E-state index contributed by atoms with van der Waals surface area (Å²) in [4.78, 5) is 0. The van der Waals surface area contributed by atoms with E-state index in [9.17, 15) is 4.57 Å². The summed E-state index contributed by atoms with van der Waals surface area (Å²) in [6, 6.07) is 0. The van der Waals surface area contributed by atoms with Crippen LogP contribution in [0.1, 0.15) is 38.5 Å². The molecule has 0 aliphatic carbocycles. The van der Waals surface area contributed by atoms with Gasteiger partial charge in [0.25, 0.3) is 0 Å². The summed E-state index contributed by atoms with van der Waals surface area (Å²) in [7, 11) is -1.77. The molecule has 0 atom stereocenters. The van der Waals surface area contributed by atoms with Crippen LogP contribution in [-0.2, 0) is 13.6 Å². The topological polar surface area (TPSA) is 87.6 Å². The van der Waals surface area contributed by atoms with E-state index < -0.39 is 8.25 Å². The van der Waals surface area contributed by atoms with Crippen molar-refractivity contribution < 1.29 is 55.4 Å². The second-order valence-corrected chi connectivity index (χ2v) is 4.55. The van der Waals surface area contributed by atoms with Crippen LogP contribution in [0.4, 0.5) is 0 Å². The largest absolute Gasteiger partial charge is 0.697 e. The van der Waals surface area contributed by atoms with E-state index in [1.807, 2.05) is 0 Å². The Morgan fingerprint density at radius 3 is 1.65 bits per heavy atom. The van der Waals surface area contributed by atoms with Crippen molar-refractivity contribution in [2.75, 3.05) is 26.3 Å². The molecule has 1 saturated heterocycles. The fourth-order valence-electron chi connectivity index (χ4n) is 1.16. The van der Waals surface area contributed by atoms with E-state index in [4.69, 9.17) is 11.5 Å². The van der Waals surface area contributed by atoms with Gasteiger partial charge in [0.1, 0.15) is 13.2 Å². The minimum atomic E-state index is -1.77. The van der Waals surface area contributed by atoms with E-state index in [-0.39, 0.29) is 41.7 Å². The molecule has 0 spiro atoms. The van der Waals surface area contributed by atoms with E-state index >= 15 is 0 Å². The molecular weight excluding hydrogens is 367 g/mol. The van der Waals surface area contributed by atoms with Crippen molar-refractivity contribution in [2.24, 2.45) is 11.5 Å². The van der Waals surface area contributed by atoms with Gasteiger partial charge in [-0.2, -0.15) is 0 Å². The molecule has 1 aliphatic heterocycles. The van der Waals surface area contributed by atoms with Gasteiger partial charge in [-0.3, -0.25) is 0 Å². The average molecular weight is 391 g/mol. The molecule has 5 nitrogen and oxygen atoms in total. The minimum absolute atomic E-state index is 0. The summed E-state index contributed by atoms with van der Waals surface area (Å²) in [5.74, 6) is 0. The molecule has 0 amide bonds. The van der Waals surface area contributed by atoms with Crippen LogP contribution in [0.2, 0.25) is 0 Å². The molecule has 0 aromatic heterocycles. The number of rotatable bonds is 5. The van der Waals surface area contributed by atoms with Crippen molar-refractivity contribution in [2.45, 2.75) is 38.5 Å². The van der Waals surface area contributed by atoms with Crippen molar-refractivity contribution in [3.63, 3.8) is 0 Å². The van der Waals surface area contributed by atoms with Gasteiger partial charge in [-0.1, -0.05) is 12.8 Å². The van der Waals surface area contributed by atoms with Crippen molar-refractivity contribution >= 4 is 8.25 Å². The van der Waals surface area contributed by atoms with Crippen LogP contribution >= 0.6 is 8.25 Å². The Labute approximate surface area is 139 Å². The first kappa shape index (κ1) is 20.6.